The van der Waals surface area contributed by atoms with Crippen molar-refractivity contribution in [2.45, 2.75) is 38.5 Å². The predicted molar refractivity (Wildman–Crippen MR) is 82.2 cm³/mol. The molecule has 1 aliphatic rings. The third-order valence-corrected chi connectivity index (χ3v) is 4.79. The molecule has 0 bridgehead atoms. The van der Waals surface area contributed by atoms with Gasteiger partial charge in [-0.3, -0.25) is 0 Å². The highest BCUT2D eigenvalue weighted by molar-refractivity contribution is 9.10. The predicted octanol–water partition coefficient (Wildman–Crippen LogP) is 4.38. The van der Waals surface area contributed by atoms with Crippen molar-refractivity contribution in [1.82, 2.24) is 10.1 Å². The van der Waals surface area contributed by atoms with E-state index in [1.54, 1.807) is 0 Å². The molecule has 106 valence electrons. The van der Waals surface area contributed by atoms with Gasteiger partial charge in [-0.05, 0) is 52.9 Å². The largest absolute Gasteiger partial charge is 0.398 e. The molecule has 0 amide bonds. The molecule has 5 heteroatoms. The lowest BCUT2D eigenvalue weighted by atomic mass is 9.83. The number of hydrogen-bond donors (Lipinski definition) is 1. The molecule has 0 saturated heterocycles. The quantitative estimate of drug-likeness (QED) is 0.827. The Morgan fingerprint density at radius 3 is 2.70 bits per heavy atom. The van der Waals surface area contributed by atoms with Crippen LogP contribution in [0.5, 0.6) is 0 Å². The van der Waals surface area contributed by atoms with Crippen LogP contribution in [0.3, 0.4) is 0 Å². The molecule has 1 aromatic carbocycles. The summed E-state index contributed by atoms with van der Waals surface area (Å²) in [4.78, 5) is 4.55. The van der Waals surface area contributed by atoms with Crippen molar-refractivity contribution in [3.63, 3.8) is 0 Å². The summed E-state index contributed by atoms with van der Waals surface area (Å²) in [5, 5.41) is 4.15. The third-order valence-electron chi connectivity index (χ3n) is 4.07. The minimum atomic E-state index is 0.441. The van der Waals surface area contributed by atoms with Gasteiger partial charge in [-0.25, -0.2) is 0 Å². The van der Waals surface area contributed by atoms with Gasteiger partial charge in [-0.1, -0.05) is 24.9 Å². The van der Waals surface area contributed by atoms with E-state index in [0.29, 0.717) is 17.5 Å². The lowest BCUT2D eigenvalue weighted by Crippen LogP contribution is -2.11. The summed E-state index contributed by atoms with van der Waals surface area (Å²) in [7, 11) is 0. The molecular formula is C15H18BrN3O. The highest BCUT2D eigenvalue weighted by Crippen LogP contribution is 2.35. The fraction of sp³-hybridized carbons (Fsp3) is 0.467. The molecule has 1 fully saturated rings. The summed E-state index contributed by atoms with van der Waals surface area (Å²) in [6.07, 6.45) is 4.81. The Labute approximate surface area is 126 Å². The van der Waals surface area contributed by atoms with Gasteiger partial charge in [-0.15, -0.1) is 0 Å². The Kier molecular flexibility index (Phi) is 3.78. The first kappa shape index (κ1) is 13.6. The molecule has 3 rings (SSSR count). The van der Waals surface area contributed by atoms with Gasteiger partial charge in [-0.2, -0.15) is 4.98 Å². The van der Waals surface area contributed by atoms with Crippen LogP contribution in [-0.4, -0.2) is 10.1 Å². The first-order valence-electron chi connectivity index (χ1n) is 7.02. The second-order valence-corrected chi connectivity index (χ2v) is 6.51. The number of nitrogen functional groups attached to an aromatic ring is 1. The average molecular weight is 336 g/mol. The number of rotatable bonds is 2. The topological polar surface area (TPSA) is 64.9 Å². The maximum Gasteiger partial charge on any atom is 0.258 e. The standard InChI is InChI=1S/C15H18BrN3O/c1-9-2-4-10(5-3-9)14-18-15(20-19-14)11-6-7-12(16)13(17)8-11/h6-10H,2-5,17H2,1H3. The van der Waals surface area contributed by atoms with E-state index in [4.69, 9.17) is 10.3 Å². The maximum absolute atomic E-state index is 5.89. The minimum absolute atomic E-state index is 0.441. The number of nitrogens with zero attached hydrogens (tertiary/aromatic N) is 2. The first-order valence-corrected chi connectivity index (χ1v) is 7.82. The zero-order valence-electron chi connectivity index (χ0n) is 11.5. The molecule has 0 unspecified atom stereocenters. The van der Waals surface area contributed by atoms with E-state index < -0.39 is 0 Å². The smallest absolute Gasteiger partial charge is 0.258 e. The molecule has 0 atom stereocenters. The molecule has 1 aliphatic carbocycles. The van der Waals surface area contributed by atoms with Crippen molar-refractivity contribution in [3.05, 3.63) is 28.5 Å². The van der Waals surface area contributed by atoms with E-state index >= 15 is 0 Å². The fourth-order valence-corrected chi connectivity index (χ4v) is 2.96. The van der Waals surface area contributed by atoms with Crippen molar-refractivity contribution < 1.29 is 4.52 Å². The van der Waals surface area contributed by atoms with Crippen molar-refractivity contribution in [1.29, 1.82) is 0 Å². The Morgan fingerprint density at radius 1 is 1.25 bits per heavy atom. The van der Waals surface area contributed by atoms with Gasteiger partial charge >= 0.3 is 0 Å². The molecular weight excluding hydrogens is 318 g/mol. The van der Waals surface area contributed by atoms with Crippen LogP contribution < -0.4 is 5.73 Å². The highest BCUT2D eigenvalue weighted by atomic mass is 79.9. The molecule has 4 nitrogen and oxygen atoms in total. The monoisotopic (exact) mass is 335 g/mol. The van der Waals surface area contributed by atoms with Gasteiger partial charge in [0.2, 0.25) is 0 Å². The first-order chi connectivity index (χ1) is 9.63. The summed E-state index contributed by atoms with van der Waals surface area (Å²) < 4.78 is 6.27. The van der Waals surface area contributed by atoms with Crippen LogP contribution in [0, 0.1) is 5.92 Å². The molecule has 2 aromatic rings. The van der Waals surface area contributed by atoms with Gasteiger partial charge in [0.05, 0.1) is 0 Å². The number of halogens is 1. The Bertz CT molecular complexity index is 603. The van der Waals surface area contributed by atoms with Crippen molar-refractivity contribution in [3.8, 4) is 11.5 Å². The van der Waals surface area contributed by atoms with Crippen LogP contribution in [0.25, 0.3) is 11.5 Å². The van der Waals surface area contributed by atoms with Crippen LogP contribution in [0.15, 0.2) is 27.2 Å². The van der Waals surface area contributed by atoms with Crippen LogP contribution in [0.2, 0.25) is 0 Å². The number of nitrogens with two attached hydrogens (primary N) is 1. The second kappa shape index (κ2) is 5.56. The summed E-state index contributed by atoms with van der Waals surface area (Å²) in [6.45, 7) is 2.31. The van der Waals surface area contributed by atoms with Crippen LogP contribution in [0.1, 0.15) is 44.3 Å². The van der Waals surface area contributed by atoms with Crippen LogP contribution in [0.4, 0.5) is 5.69 Å². The summed E-state index contributed by atoms with van der Waals surface area (Å²) in [6, 6.07) is 5.68. The van der Waals surface area contributed by atoms with Gasteiger partial charge in [0, 0.05) is 21.6 Å². The molecule has 0 radical (unpaired) electrons. The molecule has 20 heavy (non-hydrogen) atoms. The average Bonchev–Trinajstić information content (AvgIpc) is 2.92. The molecule has 2 N–H and O–H groups in total. The number of benzene rings is 1. The molecule has 0 spiro atoms. The zero-order valence-corrected chi connectivity index (χ0v) is 13.1. The minimum Gasteiger partial charge on any atom is -0.398 e. The number of hydrogen-bond acceptors (Lipinski definition) is 4. The molecule has 1 heterocycles. The van der Waals surface area contributed by atoms with E-state index in [1.807, 2.05) is 18.2 Å². The van der Waals surface area contributed by atoms with Crippen molar-refractivity contribution >= 4 is 21.6 Å². The number of anilines is 1. The second-order valence-electron chi connectivity index (χ2n) is 5.65. The van der Waals surface area contributed by atoms with Crippen molar-refractivity contribution in [2.75, 3.05) is 5.73 Å². The van der Waals surface area contributed by atoms with Crippen LogP contribution in [-0.2, 0) is 0 Å². The van der Waals surface area contributed by atoms with E-state index in [0.717, 1.165) is 34.6 Å². The van der Waals surface area contributed by atoms with Gasteiger partial charge in [0.15, 0.2) is 5.82 Å². The summed E-state index contributed by atoms with van der Waals surface area (Å²) in [5.41, 5.74) is 7.43. The van der Waals surface area contributed by atoms with Gasteiger partial charge in [0.25, 0.3) is 5.89 Å². The molecule has 0 aliphatic heterocycles. The zero-order chi connectivity index (χ0) is 14.1. The fourth-order valence-electron chi connectivity index (χ4n) is 2.71. The Morgan fingerprint density at radius 2 is 2.00 bits per heavy atom. The third kappa shape index (κ3) is 2.73. The molecule has 1 aromatic heterocycles. The lowest BCUT2D eigenvalue weighted by molar-refractivity contribution is 0.329. The van der Waals surface area contributed by atoms with Crippen LogP contribution >= 0.6 is 15.9 Å². The highest BCUT2D eigenvalue weighted by Gasteiger charge is 2.24. The van der Waals surface area contributed by atoms with Gasteiger partial charge < -0.3 is 10.3 Å². The Hall–Kier alpha value is -1.36. The van der Waals surface area contributed by atoms with E-state index in [2.05, 4.69) is 33.0 Å². The summed E-state index contributed by atoms with van der Waals surface area (Å²) in [5.74, 6) is 2.66. The lowest BCUT2D eigenvalue weighted by Gasteiger charge is -2.23. The van der Waals surface area contributed by atoms with E-state index in [1.165, 1.54) is 12.8 Å². The van der Waals surface area contributed by atoms with E-state index in [9.17, 15) is 0 Å². The van der Waals surface area contributed by atoms with E-state index in [-0.39, 0.29) is 0 Å². The SMILES string of the molecule is CC1CCC(c2noc(-c3ccc(Br)c(N)c3)n2)CC1. The summed E-state index contributed by atoms with van der Waals surface area (Å²) >= 11 is 3.38. The maximum atomic E-state index is 5.89. The molecule has 1 saturated carbocycles. The normalized spacial score (nSPS) is 22.9. The Balaban J connectivity index is 1.81. The number of aromatic nitrogens is 2. The van der Waals surface area contributed by atoms with Gasteiger partial charge in [0.1, 0.15) is 0 Å². The van der Waals surface area contributed by atoms with Crippen molar-refractivity contribution in [2.24, 2.45) is 5.92 Å².